The lowest BCUT2D eigenvalue weighted by Crippen LogP contribution is -2.44. The van der Waals surface area contributed by atoms with Gasteiger partial charge in [-0.3, -0.25) is 4.98 Å². The first-order valence-corrected chi connectivity index (χ1v) is 10.8. The molecule has 0 radical (unpaired) electrons. The van der Waals surface area contributed by atoms with Crippen molar-refractivity contribution in [3.63, 3.8) is 0 Å². The molecule has 152 valence electrons. The van der Waals surface area contributed by atoms with Crippen molar-refractivity contribution in [2.24, 2.45) is 0 Å². The number of pyridine rings is 1. The molecule has 6 rings (SSSR count). The van der Waals surface area contributed by atoms with Crippen LogP contribution in [0, 0.1) is 6.92 Å². The van der Waals surface area contributed by atoms with Crippen LogP contribution in [0.5, 0.6) is 11.5 Å². The molecule has 30 heavy (non-hydrogen) atoms. The molecule has 2 N–H and O–H groups in total. The van der Waals surface area contributed by atoms with Gasteiger partial charge in [-0.15, -0.1) is 0 Å². The second-order valence-electron chi connectivity index (χ2n) is 8.44. The topological polar surface area (TPSA) is 59.2 Å². The number of aromatic nitrogens is 2. The van der Waals surface area contributed by atoms with Crippen LogP contribution >= 0.6 is 0 Å². The van der Waals surface area contributed by atoms with E-state index < -0.39 is 0 Å². The van der Waals surface area contributed by atoms with Crippen LogP contribution < -0.4 is 14.8 Å². The average Bonchev–Trinajstić information content (AvgIpc) is 3.15. The minimum atomic E-state index is -0.00601. The molecular formula is C25H25N3O2. The first kappa shape index (κ1) is 17.8. The summed E-state index contributed by atoms with van der Waals surface area (Å²) < 4.78 is 12.4. The number of aromatic amines is 1. The quantitative estimate of drug-likeness (QED) is 0.539. The van der Waals surface area contributed by atoms with E-state index in [0.717, 1.165) is 53.9 Å². The number of fused-ring (bicyclic) bond motifs is 6. The Morgan fingerprint density at radius 2 is 2.03 bits per heavy atom. The Labute approximate surface area is 175 Å². The maximum absolute atomic E-state index is 6.36. The van der Waals surface area contributed by atoms with Crippen LogP contribution in [0.1, 0.15) is 23.4 Å². The maximum atomic E-state index is 6.36. The number of benzene rings is 2. The molecule has 1 aliphatic carbocycles. The van der Waals surface area contributed by atoms with E-state index in [2.05, 4.69) is 45.6 Å². The van der Waals surface area contributed by atoms with Gasteiger partial charge >= 0.3 is 0 Å². The van der Waals surface area contributed by atoms with E-state index >= 15 is 0 Å². The molecule has 5 heteroatoms. The van der Waals surface area contributed by atoms with E-state index in [4.69, 9.17) is 9.47 Å². The second kappa shape index (κ2) is 7.03. The van der Waals surface area contributed by atoms with Gasteiger partial charge < -0.3 is 19.8 Å². The highest BCUT2D eigenvalue weighted by atomic mass is 16.6. The number of aryl methyl sites for hydroxylation is 2. The lowest BCUT2D eigenvalue weighted by Gasteiger charge is -2.30. The van der Waals surface area contributed by atoms with Crippen LogP contribution in [0.4, 0.5) is 0 Å². The molecule has 2 aromatic heterocycles. The third kappa shape index (κ3) is 3.01. The molecule has 0 spiro atoms. The number of hydrogen-bond acceptors (Lipinski definition) is 4. The summed E-state index contributed by atoms with van der Waals surface area (Å²) in [4.78, 5) is 8.23. The molecule has 2 aliphatic rings. The van der Waals surface area contributed by atoms with Crippen molar-refractivity contribution in [3.8, 4) is 11.5 Å². The molecule has 0 fully saturated rings. The molecule has 0 bridgehead atoms. The van der Waals surface area contributed by atoms with E-state index in [1.165, 1.54) is 22.2 Å². The Balaban J connectivity index is 1.16. The van der Waals surface area contributed by atoms with Crippen molar-refractivity contribution in [1.29, 1.82) is 0 Å². The largest absolute Gasteiger partial charge is 0.486 e. The highest BCUT2D eigenvalue weighted by molar-refractivity contribution is 5.88. The van der Waals surface area contributed by atoms with Crippen LogP contribution in [0.25, 0.3) is 21.8 Å². The number of H-pyrrole nitrogens is 1. The summed E-state index contributed by atoms with van der Waals surface area (Å²) in [6, 6.07) is 17.1. The third-order valence-corrected chi connectivity index (χ3v) is 6.36. The fourth-order valence-electron chi connectivity index (χ4n) is 4.83. The molecule has 0 saturated carbocycles. The van der Waals surface area contributed by atoms with Crippen LogP contribution in [-0.2, 0) is 12.8 Å². The van der Waals surface area contributed by atoms with E-state index in [1.54, 1.807) is 0 Å². The molecule has 0 unspecified atom stereocenters. The van der Waals surface area contributed by atoms with Crippen molar-refractivity contribution in [3.05, 3.63) is 65.5 Å². The summed E-state index contributed by atoms with van der Waals surface area (Å²) in [5.41, 5.74) is 6.07. The zero-order chi connectivity index (χ0) is 20.1. The fraction of sp³-hybridized carbons (Fsp3) is 0.320. The molecule has 0 amide bonds. The normalized spacial score (nSPS) is 20.4. The van der Waals surface area contributed by atoms with Gasteiger partial charge in [-0.1, -0.05) is 18.2 Å². The van der Waals surface area contributed by atoms with Crippen LogP contribution in [0.2, 0.25) is 0 Å². The first-order chi connectivity index (χ1) is 14.7. The highest BCUT2D eigenvalue weighted by Crippen LogP contribution is 2.38. The van der Waals surface area contributed by atoms with Crippen molar-refractivity contribution in [2.75, 3.05) is 13.2 Å². The summed E-state index contributed by atoms with van der Waals surface area (Å²) in [5.74, 6) is 1.63. The molecule has 2 atom stereocenters. The van der Waals surface area contributed by atoms with Crippen LogP contribution in [-0.4, -0.2) is 35.3 Å². The molecular weight excluding hydrogens is 374 g/mol. The zero-order valence-electron chi connectivity index (χ0n) is 17.1. The SMILES string of the molecule is Cc1ccc2c3c(ccc2n1)OC[C@H](CN[C@H]1CCc2c([nH]c4ccccc24)C1)O3. The molecule has 1 aliphatic heterocycles. The Hall–Kier alpha value is -3.05. The third-order valence-electron chi connectivity index (χ3n) is 6.36. The average molecular weight is 399 g/mol. The van der Waals surface area contributed by atoms with Gasteiger partial charge in [0, 0.05) is 46.7 Å². The van der Waals surface area contributed by atoms with Crippen molar-refractivity contribution in [1.82, 2.24) is 15.3 Å². The minimum Gasteiger partial charge on any atom is -0.486 e. The number of hydrogen-bond donors (Lipinski definition) is 2. The molecule has 4 aromatic rings. The summed E-state index contributed by atoms with van der Waals surface area (Å²) in [6.07, 6.45) is 3.27. The number of nitrogens with one attached hydrogen (secondary N) is 2. The maximum Gasteiger partial charge on any atom is 0.171 e. The monoisotopic (exact) mass is 399 g/mol. The Bertz CT molecular complexity index is 1250. The van der Waals surface area contributed by atoms with Gasteiger partial charge in [-0.05, 0) is 55.7 Å². The molecule has 2 aromatic carbocycles. The van der Waals surface area contributed by atoms with Crippen molar-refractivity contribution in [2.45, 2.75) is 38.3 Å². The molecule has 0 saturated heterocycles. The van der Waals surface area contributed by atoms with Crippen LogP contribution in [0.15, 0.2) is 48.5 Å². The van der Waals surface area contributed by atoms with E-state index in [-0.39, 0.29) is 6.10 Å². The number of rotatable bonds is 3. The Morgan fingerprint density at radius 3 is 3.00 bits per heavy atom. The minimum absolute atomic E-state index is 0.00601. The zero-order valence-corrected chi connectivity index (χ0v) is 17.1. The van der Waals surface area contributed by atoms with Crippen molar-refractivity contribution >= 4 is 21.8 Å². The predicted octanol–water partition coefficient (Wildman–Crippen LogP) is 4.31. The predicted molar refractivity (Wildman–Crippen MR) is 119 cm³/mol. The second-order valence-corrected chi connectivity index (χ2v) is 8.44. The Morgan fingerprint density at radius 1 is 1.10 bits per heavy atom. The van der Waals surface area contributed by atoms with Crippen molar-refractivity contribution < 1.29 is 9.47 Å². The van der Waals surface area contributed by atoms with Gasteiger partial charge in [0.1, 0.15) is 12.7 Å². The molecule has 5 nitrogen and oxygen atoms in total. The van der Waals surface area contributed by atoms with Gasteiger partial charge in [0.15, 0.2) is 11.5 Å². The standard InChI is InChI=1S/C25H25N3O2/c1-15-6-8-20-22(27-15)10-11-24-25(20)30-17(14-29-24)13-26-16-7-9-19-18-4-2-3-5-21(18)28-23(19)12-16/h2-6,8,10-11,16-17,26,28H,7,9,12-14H2,1H3/t16-,17-/m0/s1. The summed E-state index contributed by atoms with van der Waals surface area (Å²) in [5, 5.41) is 6.12. The summed E-state index contributed by atoms with van der Waals surface area (Å²) >= 11 is 0. The first-order valence-electron chi connectivity index (χ1n) is 10.8. The lowest BCUT2D eigenvalue weighted by atomic mass is 9.91. The van der Waals surface area contributed by atoms with Gasteiger partial charge in [0.05, 0.1) is 5.52 Å². The van der Waals surface area contributed by atoms with E-state index in [9.17, 15) is 0 Å². The Kier molecular flexibility index (Phi) is 4.16. The summed E-state index contributed by atoms with van der Waals surface area (Å²) in [6.45, 7) is 3.34. The van der Waals surface area contributed by atoms with Gasteiger partial charge in [0.25, 0.3) is 0 Å². The van der Waals surface area contributed by atoms with Gasteiger partial charge in [-0.2, -0.15) is 0 Å². The van der Waals surface area contributed by atoms with Gasteiger partial charge in [-0.25, -0.2) is 0 Å². The number of ether oxygens (including phenoxy) is 2. The smallest absolute Gasteiger partial charge is 0.171 e. The van der Waals surface area contributed by atoms with E-state index in [1.807, 2.05) is 25.1 Å². The fourth-order valence-corrected chi connectivity index (χ4v) is 4.83. The summed E-state index contributed by atoms with van der Waals surface area (Å²) in [7, 11) is 0. The van der Waals surface area contributed by atoms with Crippen LogP contribution in [0.3, 0.4) is 0 Å². The number of nitrogens with zero attached hydrogens (tertiary/aromatic N) is 1. The van der Waals surface area contributed by atoms with E-state index in [0.29, 0.717) is 12.6 Å². The molecule has 3 heterocycles. The highest BCUT2D eigenvalue weighted by Gasteiger charge is 2.26. The lowest BCUT2D eigenvalue weighted by molar-refractivity contribution is 0.0896. The number of para-hydroxylation sites is 1. The van der Waals surface area contributed by atoms with Gasteiger partial charge in [0.2, 0.25) is 0 Å².